The molecule has 0 fully saturated rings. The first-order valence-corrected chi connectivity index (χ1v) is 36.3. The number of carbonyl (C=O) groups is 1. The summed E-state index contributed by atoms with van der Waals surface area (Å²) < 4.78 is 23.4. The van der Waals surface area contributed by atoms with E-state index < -0.39 is 26.6 Å². The Morgan fingerprint density at radius 1 is 0.419 bits per heavy atom. The second-order valence-corrected chi connectivity index (χ2v) is 25.6. The molecule has 3 atom stereocenters. The molecule has 490 valence electrons. The quantitative estimate of drug-likeness (QED) is 0.0272. The topological polar surface area (TPSA) is 108 Å². The zero-order valence-electron chi connectivity index (χ0n) is 56.0. The van der Waals surface area contributed by atoms with Crippen molar-refractivity contribution < 1.29 is 32.9 Å². The molecule has 0 aliphatic rings. The fourth-order valence-corrected chi connectivity index (χ4v) is 10.1. The Hall–Kier alpha value is -3.88. The van der Waals surface area contributed by atoms with Crippen LogP contribution in [0.3, 0.4) is 0 Å². The van der Waals surface area contributed by atoms with Crippen molar-refractivity contribution in [2.75, 3.05) is 40.9 Å². The minimum absolute atomic E-state index is 0.0186. The van der Waals surface area contributed by atoms with Gasteiger partial charge in [0.05, 0.1) is 39.9 Å². The van der Waals surface area contributed by atoms with Crippen LogP contribution in [0.4, 0.5) is 0 Å². The van der Waals surface area contributed by atoms with Gasteiger partial charge < -0.3 is 28.8 Å². The number of nitrogens with one attached hydrogen (secondary N) is 1. The SMILES string of the molecule is CC/C=C\C/C=C\C/C=C\C/C=C\C/C=C\C/C=C\C/C=C\C/C=C\C/C=C\C/C=C\C/C=C\CCCCCCCC(=O)NC(COP(=O)([O-])OCC[N+](C)(C)C)C(O)/C=C/CC/C=C/CCCCCCCCCCCCCCCCCCCCC. The Kier molecular flexibility index (Phi) is 62.6. The van der Waals surface area contributed by atoms with Gasteiger partial charge in [-0.05, 0) is 116 Å². The molecule has 0 aliphatic heterocycles. The van der Waals surface area contributed by atoms with Gasteiger partial charge in [-0.3, -0.25) is 9.36 Å². The third-order valence-electron chi connectivity index (χ3n) is 14.7. The van der Waals surface area contributed by atoms with Crippen molar-refractivity contribution in [1.29, 1.82) is 0 Å². The van der Waals surface area contributed by atoms with Gasteiger partial charge in [0.1, 0.15) is 13.2 Å². The van der Waals surface area contributed by atoms with Crippen molar-refractivity contribution in [3.8, 4) is 0 Å². The monoisotopic (exact) mass is 1210 g/mol. The number of nitrogens with zero attached hydrogens (tertiary/aromatic N) is 1. The number of hydrogen-bond donors (Lipinski definition) is 2. The number of phosphoric ester groups is 1. The molecule has 0 radical (unpaired) electrons. The largest absolute Gasteiger partial charge is 0.756 e. The van der Waals surface area contributed by atoms with Gasteiger partial charge in [-0.1, -0.05) is 307 Å². The second-order valence-electron chi connectivity index (χ2n) is 24.1. The third kappa shape index (κ3) is 67.6. The van der Waals surface area contributed by atoms with Crippen LogP contribution in [0.1, 0.15) is 271 Å². The van der Waals surface area contributed by atoms with Gasteiger partial charge in [0.2, 0.25) is 5.91 Å². The van der Waals surface area contributed by atoms with Crippen molar-refractivity contribution in [3.05, 3.63) is 158 Å². The van der Waals surface area contributed by atoms with Gasteiger partial charge in [0, 0.05) is 6.42 Å². The van der Waals surface area contributed by atoms with Gasteiger partial charge >= 0.3 is 0 Å². The molecule has 2 N–H and O–H groups in total. The highest BCUT2D eigenvalue weighted by Crippen LogP contribution is 2.38. The van der Waals surface area contributed by atoms with Gasteiger partial charge in [-0.15, -0.1) is 0 Å². The first-order chi connectivity index (χ1) is 42.0. The average Bonchev–Trinajstić information content (AvgIpc) is 3.70. The predicted molar refractivity (Wildman–Crippen MR) is 375 cm³/mol. The Labute approximate surface area is 531 Å². The predicted octanol–water partition coefficient (Wildman–Crippen LogP) is 21.9. The molecule has 0 saturated heterocycles. The number of likely N-dealkylation sites (N-methyl/N-ethyl adjacent to an activating group) is 1. The van der Waals surface area contributed by atoms with E-state index in [1.807, 2.05) is 27.2 Å². The lowest BCUT2D eigenvalue weighted by molar-refractivity contribution is -0.870. The molecule has 0 aromatic heterocycles. The van der Waals surface area contributed by atoms with Crippen molar-refractivity contribution in [2.24, 2.45) is 0 Å². The second kappa shape index (κ2) is 65.6. The first-order valence-electron chi connectivity index (χ1n) is 34.8. The number of phosphoric acid groups is 1. The molecule has 8 nitrogen and oxygen atoms in total. The molecule has 9 heteroatoms. The summed E-state index contributed by atoms with van der Waals surface area (Å²) in [7, 11) is 1.21. The number of aliphatic hydroxyl groups is 1. The summed E-state index contributed by atoms with van der Waals surface area (Å²) in [5.74, 6) is -0.230. The van der Waals surface area contributed by atoms with E-state index >= 15 is 0 Å². The van der Waals surface area contributed by atoms with Crippen molar-refractivity contribution >= 4 is 13.7 Å². The molecular formula is C77H131N2O6P. The maximum absolute atomic E-state index is 13.0. The third-order valence-corrected chi connectivity index (χ3v) is 15.7. The summed E-state index contributed by atoms with van der Waals surface area (Å²) in [6.07, 6.45) is 102. The van der Waals surface area contributed by atoms with Crippen LogP contribution in [-0.4, -0.2) is 68.5 Å². The molecule has 0 aromatic rings. The number of rotatable bonds is 62. The highest BCUT2D eigenvalue weighted by Gasteiger charge is 2.23. The maximum Gasteiger partial charge on any atom is 0.268 e. The molecule has 0 aliphatic carbocycles. The summed E-state index contributed by atoms with van der Waals surface area (Å²) in [6, 6.07) is -0.928. The molecule has 0 saturated carbocycles. The van der Waals surface area contributed by atoms with E-state index in [2.05, 4.69) is 165 Å². The van der Waals surface area contributed by atoms with E-state index in [0.717, 1.165) is 128 Å². The summed E-state index contributed by atoms with van der Waals surface area (Å²) >= 11 is 0. The van der Waals surface area contributed by atoms with Crippen LogP contribution in [0.25, 0.3) is 0 Å². The van der Waals surface area contributed by atoms with Crippen LogP contribution in [0.5, 0.6) is 0 Å². The van der Waals surface area contributed by atoms with Gasteiger partial charge in [-0.2, -0.15) is 0 Å². The van der Waals surface area contributed by atoms with E-state index in [4.69, 9.17) is 9.05 Å². The van der Waals surface area contributed by atoms with Crippen LogP contribution in [0.2, 0.25) is 0 Å². The fraction of sp³-hybridized carbons (Fsp3) is 0.649. The summed E-state index contributed by atoms with van der Waals surface area (Å²) in [5, 5.41) is 13.9. The minimum Gasteiger partial charge on any atom is -0.756 e. The zero-order chi connectivity index (χ0) is 62.6. The Morgan fingerprint density at radius 2 is 0.721 bits per heavy atom. The lowest BCUT2D eigenvalue weighted by Gasteiger charge is -2.29. The molecule has 1 amide bonds. The van der Waals surface area contributed by atoms with Crippen molar-refractivity contribution in [3.63, 3.8) is 0 Å². The molecule has 0 spiro atoms. The lowest BCUT2D eigenvalue weighted by Crippen LogP contribution is -2.45. The normalized spacial score (nSPS) is 14.6. The van der Waals surface area contributed by atoms with Crippen molar-refractivity contribution in [1.82, 2.24) is 5.32 Å². The van der Waals surface area contributed by atoms with Gasteiger partial charge in [0.25, 0.3) is 7.82 Å². The number of unbranched alkanes of at least 4 members (excludes halogenated alkanes) is 25. The molecule has 3 unspecified atom stereocenters. The smallest absolute Gasteiger partial charge is 0.268 e. The standard InChI is InChI=1S/C77H131N2O6P/c1-6-8-10-12-14-16-18-20-22-24-26-28-30-32-33-34-35-36-37-38-39-40-41-42-43-44-45-47-49-51-53-55-57-59-61-63-65-67-69-71-77(81)78-75(74-85-86(82,83)84-73-72-79(3,4)5)76(80)70-68-66-64-62-60-58-56-54-52-50-48-46-31-29-27-25-23-21-19-17-15-13-11-9-7-2/h8,10,14,16,20,22,26,28,32-33,35-36,38-39,41-42,44-45,49,51,55,57,60,62,68,70,75-76,80H,6-7,9,11-13,15,17-19,21,23-25,27,29-31,34,37,40,43,46-48,50,52-54,56,58-59,61,63-67,69,71-74H2,1-5H3,(H-,78,81,82,83)/b10-8-,16-14-,22-20-,28-26-,33-32-,36-35-,39-38-,42-41-,45-44-,51-49-,57-55-,62-60+,70-68+. The van der Waals surface area contributed by atoms with E-state index in [9.17, 15) is 19.4 Å². The lowest BCUT2D eigenvalue weighted by atomic mass is 10.0. The fourth-order valence-electron chi connectivity index (χ4n) is 9.35. The van der Waals surface area contributed by atoms with E-state index in [1.165, 1.54) is 122 Å². The van der Waals surface area contributed by atoms with Gasteiger partial charge in [0.15, 0.2) is 0 Å². The number of hydrogen-bond acceptors (Lipinski definition) is 6. The number of amides is 1. The highest BCUT2D eigenvalue weighted by molar-refractivity contribution is 7.45. The van der Waals surface area contributed by atoms with Crippen LogP contribution in [0.15, 0.2) is 158 Å². The molecule has 0 bridgehead atoms. The molecule has 0 heterocycles. The molecule has 0 rings (SSSR count). The number of aliphatic hydroxyl groups excluding tert-OH is 1. The molecule has 86 heavy (non-hydrogen) atoms. The van der Waals surface area contributed by atoms with Crippen LogP contribution < -0.4 is 10.2 Å². The number of allylic oxidation sites excluding steroid dienone is 25. The van der Waals surface area contributed by atoms with Crippen LogP contribution in [-0.2, 0) is 18.4 Å². The summed E-state index contributed by atoms with van der Waals surface area (Å²) in [6.45, 7) is 4.50. The van der Waals surface area contributed by atoms with Crippen molar-refractivity contribution in [2.45, 2.75) is 283 Å². The maximum atomic E-state index is 13.0. The van der Waals surface area contributed by atoms with E-state index in [0.29, 0.717) is 17.4 Å². The Bertz CT molecular complexity index is 1960. The first kappa shape index (κ1) is 82.1. The Balaban J connectivity index is 4.23. The molecule has 0 aromatic carbocycles. The van der Waals surface area contributed by atoms with E-state index in [-0.39, 0.29) is 12.5 Å². The minimum atomic E-state index is -4.63. The highest BCUT2D eigenvalue weighted by atomic mass is 31.2. The van der Waals surface area contributed by atoms with Crippen LogP contribution in [0, 0.1) is 0 Å². The zero-order valence-corrected chi connectivity index (χ0v) is 56.8. The Morgan fingerprint density at radius 3 is 1.08 bits per heavy atom. The molecular weight excluding hydrogens is 1080 g/mol. The summed E-state index contributed by atoms with van der Waals surface area (Å²) in [4.78, 5) is 25.6. The van der Waals surface area contributed by atoms with Crippen LogP contribution >= 0.6 is 7.82 Å². The van der Waals surface area contributed by atoms with E-state index in [1.54, 1.807) is 6.08 Å². The average molecular weight is 1210 g/mol. The van der Waals surface area contributed by atoms with Gasteiger partial charge in [-0.25, -0.2) is 0 Å². The number of quaternary nitrogens is 1. The summed E-state index contributed by atoms with van der Waals surface area (Å²) in [5.41, 5.74) is 0. The number of carbonyl (C=O) groups excluding carboxylic acids is 1.